The Hall–Kier alpha value is -0.800. The van der Waals surface area contributed by atoms with Gasteiger partial charge in [0.15, 0.2) is 0 Å². The smallest absolute Gasteiger partial charge is 0.147 e. The lowest BCUT2D eigenvalue weighted by molar-refractivity contribution is 0.586. The third-order valence-electron chi connectivity index (χ3n) is 3.28. The molecule has 1 rings (SSSR count). The zero-order chi connectivity index (χ0) is 13.5. The highest BCUT2D eigenvalue weighted by Gasteiger charge is 2.15. The van der Waals surface area contributed by atoms with E-state index in [1.54, 1.807) is 0 Å². The number of rotatable bonds is 7. The van der Waals surface area contributed by atoms with Gasteiger partial charge in [0.25, 0.3) is 0 Å². The molecule has 0 aliphatic carbocycles. The van der Waals surface area contributed by atoms with E-state index >= 15 is 0 Å². The van der Waals surface area contributed by atoms with Crippen LogP contribution >= 0.6 is 11.6 Å². The van der Waals surface area contributed by atoms with Crippen molar-refractivity contribution in [2.75, 3.05) is 18.5 Å². The molecule has 102 valence electrons. The van der Waals surface area contributed by atoms with Gasteiger partial charge in [-0.2, -0.15) is 0 Å². The van der Waals surface area contributed by atoms with Crippen LogP contribution in [0.25, 0.3) is 0 Å². The fraction of sp³-hybridized carbons (Fsp3) is 0.643. The van der Waals surface area contributed by atoms with Crippen molar-refractivity contribution in [3.05, 3.63) is 22.8 Å². The van der Waals surface area contributed by atoms with Crippen LogP contribution in [0.1, 0.15) is 39.2 Å². The van der Waals surface area contributed by atoms with Crippen molar-refractivity contribution in [1.29, 1.82) is 0 Å². The SMILES string of the molecule is CCNCc1cnc(N(C)C(CC)CC)c(Cl)c1. The molecule has 1 N–H and O–H groups in total. The molecule has 3 nitrogen and oxygen atoms in total. The van der Waals surface area contributed by atoms with Crippen molar-refractivity contribution in [2.45, 2.75) is 46.2 Å². The van der Waals surface area contributed by atoms with E-state index in [0.29, 0.717) is 6.04 Å². The van der Waals surface area contributed by atoms with Crippen molar-refractivity contribution in [2.24, 2.45) is 0 Å². The fourth-order valence-electron chi connectivity index (χ4n) is 2.11. The average molecular weight is 270 g/mol. The number of hydrogen-bond donors (Lipinski definition) is 1. The Morgan fingerprint density at radius 1 is 1.33 bits per heavy atom. The molecule has 0 bridgehead atoms. The van der Waals surface area contributed by atoms with Gasteiger partial charge in [0.2, 0.25) is 0 Å². The predicted octanol–water partition coefficient (Wildman–Crippen LogP) is 3.47. The van der Waals surface area contributed by atoms with Crippen molar-refractivity contribution in [1.82, 2.24) is 10.3 Å². The molecule has 0 amide bonds. The highest BCUT2D eigenvalue weighted by molar-refractivity contribution is 6.33. The van der Waals surface area contributed by atoms with Crippen LogP contribution in [0, 0.1) is 0 Å². The summed E-state index contributed by atoms with van der Waals surface area (Å²) in [6.07, 6.45) is 4.11. The molecular weight excluding hydrogens is 246 g/mol. The Kier molecular flexibility index (Phi) is 6.44. The Morgan fingerprint density at radius 3 is 2.50 bits per heavy atom. The number of aromatic nitrogens is 1. The number of hydrogen-bond acceptors (Lipinski definition) is 3. The molecule has 0 atom stereocenters. The minimum Gasteiger partial charge on any atom is -0.355 e. The van der Waals surface area contributed by atoms with E-state index in [9.17, 15) is 0 Å². The first kappa shape index (κ1) is 15.3. The molecule has 1 heterocycles. The van der Waals surface area contributed by atoms with Crippen LogP contribution in [0.5, 0.6) is 0 Å². The summed E-state index contributed by atoms with van der Waals surface area (Å²) >= 11 is 6.33. The summed E-state index contributed by atoms with van der Waals surface area (Å²) in [5.74, 6) is 0.880. The molecule has 0 spiro atoms. The van der Waals surface area contributed by atoms with Crippen LogP contribution in [-0.2, 0) is 6.54 Å². The summed E-state index contributed by atoms with van der Waals surface area (Å²) in [4.78, 5) is 6.68. The quantitative estimate of drug-likeness (QED) is 0.822. The predicted molar refractivity (Wildman–Crippen MR) is 79.4 cm³/mol. The summed E-state index contributed by atoms with van der Waals surface area (Å²) in [5.41, 5.74) is 1.13. The molecule has 0 aliphatic rings. The fourth-order valence-corrected chi connectivity index (χ4v) is 2.43. The first-order valence-corrected chi connectivity index (χ1v) is 7.09. The Balaban J connectivity index is 2.84. The highest BCUT2D eigenvalue weighted by Crippen LogP contribution is 2.26. The topological polar surface area (TPSA) is 28.2 Å². The molecule has 4 heteroatoms. The molecule has 18 heavy (non-hydrogen) atoms. The highest BCUT2D eigenvalue weighted by atomic mass is 35.5. The van der Waals surface area contributed by atoms with Gasteiger partial charge in [-0.1, -0.05) is 32.4 Å². The summed E-state index contributed by atoms with van der Waals surface area (Å²) in [6.45, 7) is 8.24. The van der Waals surface area contributed by atoms with Gasteiger partial charge in [0.05, 0.1) is 5.02 Å². The van der Waals surface area contributed by atoms with Crippen LogP contribution in [0.15, 0.2) is 12.3 Å². The number of nitrogens with one attached hydrogen (secondary N) is 1. The summed E-state index contributed by atoms with van der Waals surface area (Å²) in [6, 6.07) is 2.50. The zero-order valence-electron chi connectivity index (χ0n) is 11.8. The van der Waals surface area contributed by atoms with Gasteiger partial charge in [0, 0.05) is 25.8 Å². The van der Waals surface area contributed by atoms with Crippen molar-refractivity contribution < 1.29 is 0 Å². The van der Waals surface area contributed by atoms with Gasteiger partial charge in [-0.05, 0) is 31.0 Å². The monoisotopic (exact) mass is 269 g/mol. The molecule has 1 aromatic rings. The third-order valence-corrected chi connectivity index (χ3v) is 3.56. The normalized spacial score (nSPS) is 11.0. The summed E-state index contributed by atoms with van der Waals surface area (Å²) < 4.78 is 0. The maximum Gasteiger partial charge on any atom is 0.147 e. The second kappa shape index (κ2) is 7.59. The zero-order valence-corrected chi connectivity index (χ0v) is 12.6. The standard InChI is InChI=1S/C14H24ClN3/c1-5-12(6-2)18(4)14-13(15)8-11(10-17-14)9-16-7-3/h8,10,12,16H,5-7,9H2,1-4H3. The van der Waals surface area contributed by atoms with Crippen LogP contribution < -0.4 is 10.2 Å². The molecule has 0 aromatic carbocycles. The van der Waals surface area contributed by atoms with Crippen LogP contribution in [-0.4, -0.2) is 24.6 Å². The lowest BCUT2D eigenvalue weighted by Crippen LogP contribution is -2.31. The molecule has 0 aliphatic heterocycles. The van der Waals surface area contributed by atoms with Crippen LogP contribution in [0.3, 0.4) is 0 Å². The minimum atomic E-state index is 0.495. The van der Waals surface area contributed by atoms with E-state index in [0.717, 1.165) is 42.3 Å². The minimum absolute atomic E-state index is 0.495. The van der Waals surface area contributed by atoms with E-state index in [-0.39, 0.29) is 0 Å². The first-order valence-electron chi connectivity index (χ1n) is 6.71. The third kappa shape index (κ3) is 3.85. The molecule has 0 saturated carbocycles. The van der Waals surface area contributed by atoms with Crippen molar-refractivity contribution >= 4 is 17.4 Å². The second-order valence-electron chi connectivity index (χ2n) is 4.51. The average Bonchev–Trinajstić information content (AvgIpc) is 2.37. The van der Waals surface area contributed by atoms with Gasteiger partial charge in [-0.25, -0.2) is 4.98 Å². The maximum absolute atomic E-state index is 6.33. The Labute approximate surface area is 116 Å². The molecule has 0 fully saturated rings. The van der Waals surface area contributed by atoms with Gasteiger partial charge in [-0.3, -0.25) is 0 Å². The van der Waals surface area contributed by atoms with E-state index in [2.05, 4.69) is 43.0 Å². The Morgan fingerprint density at radius 2 is 2.00 bits per heavy atom. The van der Waals surface area contributed by atoms with Gasteiger partial charge in [0.1, 0.15) is 5.82 Å². The molecular formula is C14H24ClN3. The van der Waals surface area contributed by atoms with E-state index in [1.807, 2.05) is 12.3 Å². The van der Waals surface area contributed by atoms with Crippen LogP contribution in [0.2, 0.25) is 5.02 Å². The first-order chi connectivity index (χ1) is 8.63. The maximum atomic E-state index is 6.33. The van der Waals surface area contributed by atoms with Crippen LogP contribution in [0.4, 0.5) is 5.82 Å². The van der Waals surface area contributed by atoms with Gasteiger partial charge in [-0.15, -0.1) is 0 Å². The lowest BCUT2D eigenvalue weighted by atomic mass is 10.1. The lowest BCUT2D eigenvalue weighted by Gasteiger charge is -2.28. The van der Waals surface area contributed by atoms with Gasteiger partial charge >= 0.3 is 0 Å². The van der Waals surface area contributed by atoms with Gasteiger partial charge < -0.3 is 10.2 Å². The second-order valence-corrected chi connectivity index (χ2v) is 4.92. The summed E-state index contributed by atoms with van der Waals surface area (Å²) in [7, 11) is 2.07. The molecule has 0 saturated heterocycles. The number of nitrogens with zero attached hydrogens (tertiary/aromatic N) is 2. The Bertz CT molecular complexity index is 364. The largest absolute Gasteiger partial charge is 0.355 e. The van der Waals surface area contributed by atoms with Crippen molar-refractivity contribution in [3.8, 4) is 0 Å². The number of halogens is 1. The van der Waals surface area contributed by atoms with E-state index in [4.69, 9.17) is 11.6 Å². The molecule has 1 aromatic heterocycles. The molecule has 0 unspecified atom stereocenters. The van der Waals surface area contributed by atoms with E-state index in [1.165, 1.54) is 0 Å². The molecule has 0 radical (unpaired) electrons. The summed E-state index contributed by atoms with van der Waals surface area (Å²) in [5, 5.41) is 4.01. The number of anilines is 1. The number of pyridine rings is 1. The van der Waals surface area contributed by atoms with Crippen molar-refractivity contribution in [3.63, 3.8) is 0 Å². The van der Waals surface area contributed by atoms with E-state index < -0.39 is 0 Å².